The molecule has 0 aliphatic rings. The van der Waals surface area contributed by atoms with Gasteiger partial charge in [-0.25, -0.2) is 4.79 Å². The Balaban J connectivity index is 2.04. The predicted octanol–water partition coefficient (Wildman–Crippen LogP) is 4.69. The van der Waals surface area contributed by atoms with Gasteiger partial charge in [-0.2, -0.15) is 0 Å². The van der Waals surface area contributed by atoms with Gasteiger partial charge in [-0.15, -0.1) is 0 Å². The van der Waals surface area contributed by atoms with Crippen LogP contribution >= 0.6 is 0 Å². The number of anilines is 1. The van der Waals surface area contributed by atoms with E-state index in [0.29, 0.717) is 5.75 Å². The zero-order chi connectivity index (χ0) is 16.8. The molecule has 23 heavy (non-hydrogen) atoms. The van der Waals surface area contributed by atoms with E-state index in [1.54, 1.807) is 0 Å². The molecule has 4 nitrogen and oxygen atoms in total. The van der Waals surface area contributed by atoms with Crippen LogP contribution < -0.4 is 9.64 Å². The topological polar surface area (TPSA) is 38.8 Å². The molecule has 1 atom stereocenters. The lowest BCUT2D eigenvalue weighted by atomic mass is 10.1. The van der Waals surface area contributed by atoms with E-state index < -0.39 is 12.4 Å². The molecule has 1 unspecified atom stereocenters. The molecule has 0 bridgehead atoms. The van der Waals surface area contributed by atoms with Crippen LogP contribution in [0.1, 0.15) is 25.0 Å². The molecule has 0 heterocycles. The highest BCUT2D eigenvalue weighted by Crippen LogP contribution is 2.23. The minimum absolute atomic E-state index is 0.417. The van der Waals surface area contributed by atoms with Crippen molar-refractivity contribution in [2.24, 2.45) is 0 Å². The van der Waals surface area contributed by atoms with E-state index in [1.807, 2.05) is 81.1 Å². The fourth-order valence-electron chi connectivity index (χ4n) is 2.54. The van der Waals surface area contributed by atoms with E-state index in [0.717, 1.165) is 23.4 Å². The molecule has 0 radical (unpaired) electrons. The van der Waals surface area contributed by atoms with Crippen molar-refractivity contribution in [1.82, 2.24) is 0 Å². The number of hydrogen-bond donors (Lipinski definition) is 0. The number of hydrogen-bond acceptors (Lipinski definition) is 4. The van der Waals surface area contributed by atoms with Gasteiger partial charge in [0.05, 0.1) is 0 Å². The van der Waals surface area contributed by atoms with E-state index in [2.05, 4.69) is 0 Å². The molecule has 2 rings (SSSR count). The van der Waals surface area contributed by atoms with Crippen LogP contribution in [0.5, 0.6) is 5.75 Å². The second-order valence-corrected chi connectivity index (χ2v) is 5.41. The molecule has 2 aromatic carbocycles. The van der Waals surface area contributed by atoms with Crippen LogP contribution in [0, 0.1) is 13.8 Å². The lowest BCUT2D eigenvalue weighted by Crippen LogP contribution is -2.37. The van der Waals surface area contributed by atoms with Gasteiger partial charge in [0.1, 0.15) is 5.75 Å². The molecule has 0 aliphatic heterocycles. The first-order chi connectivity index (χ1) is 11.0. The molecule has 0 N–H and O–H groups in total. The smallest absolute Gasteiger partial charge is 0.410 e. The summed E-state index contributed by atoms with van der Waals surface area (Å²) in [4.78, 5) is 14.1. The summed E-state index contributed by atoms with van der Waals surface area (Å²) >= 11 is 0. The van der Waals surface area contributed by atoms with E-state index in [1.165, 1.54) is 0 Å². The van der Waals surface area contributed by atoms with Crippen molar-refractivity contribution in [1.29, 1.82) is 0 Å². The Morgan fingerprint density at radius 3 is 2.22 bits per heavy atom. The van der Waals surface area contributed by atoms with Crippen LogP contribution in [-0.2, 0) is 4.74 Å². The average molecular weight is 313 g/mol. The Morgan fingerprint density at radius 2 is 1.65 bits per heavy atom. The van der Waals surface area contributed by atoms with Crippen molar-refractivity contribution < 1.29 is 14.3 Å². The van der Waals surface area contributed by atoms with E-state index in [4.69, 9.17) is 9.47 Å². The molecule has 2 aromatic rings. The third-order valence-electron chi connectivity index (χ3n) is 3.73. The highest BCUT2D eigenvalue weighted by Gasteiger charge is 2.19. The number of ether oxygens (including phenoxy) is 2. The quantitative estimate of drug-likeness (QED) is 0.456. The maximum absolute atomic E-state index is 12.1. The van der Waals surface area contributed by atoms with Gasteiger partial charge in [-0.05, 0) is 51.0 Å². The van der Waals surface area contributed by atoms with Crippen LogP contribution in [0.2, 0.25) is 0 Å². The Hall–Kier alpha value is -2.49. The summed E-state index contributed by atoms with van der Waals surface area (Å²) in [6.45, 7) is 8.39. The molecule has 0 aromatic heterocycles. The SMILES string of the molecule is CCN(c1ccccc1)C(C)OC(=O)Oc1c(C)cccc1C. The maximum atomic E-state index is 12.1. The lowest BCUT2D eigenvalue weighted by molar-refractivity contribution is 0.0641. The van der Waals surface area contributed by atoms with Gasteiger partial charge in [-0.1, -0.05) is 36.4 Å². The number of benzene rings is 2. The first kappa shape index (κ1) is 16.9. The molecule has 0 fully saturated rings. The standard InChI is InChI=1S/C19H23NO3/c1-5-20(17-12-7-6-8-13-17)16(4)22-19(21)23-18-14(2)10-9-11-15(18)3/h6-13,16H,5H2,1-4H3. The Morgan fingerprint density at radius 1 is 1.04 bits per heavy atom. The summed E-state index contributed by atoms with van der Waals surface area (Å²) in [5.41, 5.74) is 2.82. The molecule has 0 amide bonds. The molecule has 122 valence electrons. The Bertz CT molecular complexity index is 635. The van der Waals surface area contributed by atoms with Crippen LogP contribution in [0.4, 0.5) is 10.5 Å². The Labute approximate surface area is 137 Å². The van der Waals surface area contributed by atoms with Crippen LogP contribution in [-0.4, -0.2) is 18.9 Å². The normalized spacial score (nSPS) is 11.7. The summed E-state index contributed by atoms with van der Waals surface area (Å²) < 4.78 is 10.8. The summed E-state index contributed by atoms with van der Waals surface area (Å²) in [5.74, 6) is 0.562. The second-order valence-electron chi connectivity index (χ2n) is 5.41. The Kier molecular flexibility index (Phi) is 5.63. The number of rotatable bonds is 5. The van der Waals surface area contributed by atoms with Crippen LogP contribution in [0.15, 0.2) is 48.5 Å². The first-order valence-electron chi connectivity index (χ1n) is 7.79. The van der Waals surface area contributed by atoms with Gasteiger partial charge in [0.25, 0.3) is 0 Å². The highest BCUT2D eigenvalue weighted by molar-refractivity contribution is 5.66. The zero-order valence-corrected chi connectivity index (χ0v) is 14.1. The van der Waals surface area contributed by atoms with E-state index >= 15 is 0 Å². The number of nitrogens with zero attached hydrogens (tertiary/aromatic N) is 1. The van der Waals surface area contributed by atoms with Crippen molar-refractivity contribution in [3.8, 4) is 5.75 Å². The van der Waals surface area contributed by atoms with Crippen LogP contribution in [0.3, 0.4) is 0 Å². The number of para-hydroxylation sites is 2. The third kappa shape index (κ3) is 4.25. The molecular weight excluding hydrogens is 290 g/mol. The van der Waals surface area contributed by atoms with Crippen molar-refractivity contribution >= 4 is 11.8 Å². The molecule has 0 aliphatic carbocycles. The van der Waals surface area contributed by atoms with Gasteiger partial charge in [0.15, 0.2) is 6.23 Å². The van der Waals surface area contributed by atoms with Gasteiger partial charge >= 0.3 is 6.16 Å². The maximum Gasteiger partial charge on any atom is 0.515 e. The fraction of sp³-hybridized carbons (Fsp3) is 0.316. The van der Waals surface area contributed by atoms with Gasteiger partial charge in [0, 0.05) is 12.2 Å². The molecule has 0 spiro atoms. The lowest BCUT2D eigenvalue weighted by Gasteiger charge is -2.29. The fourth-order valence-corrected chi connectivity index (χ4v) is 2.54. The van der Waals surface area contributed by atoms with E-state index in [-0.39, 0.29) is 0 Å². The van der Waals surface area contributed by atoms with Crippen molar-refractivity contribution in [3.63, 3.8) is 0 Å². The molecule has 0 saturated heterocycles. The van der Waals surface area contributed by atoms with Gasteiger partial charge < -0.3 is 14.4 Å². The minimum atomic E-state index is -0.690. The van der Waals surface area contributed by atoms with Crippen molar-refractivity contribution in [3.05, 3.63) is 59.7 Å². The molecular formula is C19H23NO3. The highest BCUT2D eigenvalue weighted by atomic mass is 16.7. The summed E-state index contributed by atoms with van der Waals surface area (Å²) in [6, 6.07) is 15.6. The van der Waals surface area contributed by atoms with Crippen LogP contribution in [0.25, 0.3) is 0 Å². The summed E-state index contributed by atoms with van der Waals surface area (Å²) in [6.07, 6.45) is -1.11. The number of carbonyl (C=O) groups excluding carboxylic acids is 1. The monoisotopic (exact) mass is 313 g/mol. The largest absolute Gasteiger partial charge is 0.515 e. The van der Waals surface area contributed by atoms with Crippen molar-refractivity contribution in [2.45, 2.75) is 33.9 Å². The zero-order valence-electron chi connectivity index (χ0n) is 14.1. The number of aryl methyl sites for hydroxylation is 2. The summed E-state index contributed by atoms with van der Waals surface area (Å²) in [5, 5.41) is 0. The van der Waals surface area contributed by atoms with Crippen molar-refractivity contribution in [2.75, 3.05) is 11.4 Å². The predicted molar refractivity (Wildman–Crippen MR) is 91.9 cm³/mol. The molecule has 0 saturated carbocycles. The molecule has 4 heteroatoms. The number of carbonyl (C=O) groups is 1. The average Bonchev–Trinajstić information content (AvgIpc) is 2.53. The second kappa shape index (κ2) is 7.68. The minimum Gasteiger partial charge on any atom is -0.410 e. The van der Waals surface area contributed by atoms with E-state index in [9.17, 15) is 4.79 Å². The van der Waals surface area contributed by atoms with Gasteiger partial charge in [0.2, 0.25) is 0 Å². The van der Waals surface area contributed by atoms with Gasteiger partial charge in [-0.3, -0.25) is 0 Å². The third-order valence-corrected chi connectivity index (χ3v) is 3.73. The first-order valence-corrected chi connectivity index (χ1v) is 7.79. The summed E-state index contributed by atoms with van der Waals surface area (Å²) in [7, 11) is 0.